The standard InChI is InChI=1S/2C14H8N4.4C10H14.4CHF3O3S.8CH4O.4Ru/c2*1-2-6-10-9(5-1)15-13(16-10)14-17-11-7-3-4-8-12(11)18-14;4*1-8(2)10-6-4-9(3)5-7-10;4*2-1(3,4)8(5,6)7;8*1-2;;;;/h2*1-8H;4*4-8H,1-3H3;4*(H,5,6,7);8*2H,1H3;;;;/q2*-2;;;;;;;;;;;;;;;;;4*+2/p-4. The summed E-state index contributed by atoms with van der Waals surface area (Å²) in [5.74, 6) is 4.97. The van der Waals surface area contributed by atoms with E-state index in [2.05, 4.69) is 220 Å². The second-order valence-corrected chi connectivity index (χ2v) is 29.5. The first-order valence-electron chi connectivity index (χ1n) is 35.1. The molecule has 28 nitrogen and oxygen atoms in total. The summed E-state index contributed by atoms with van der Waals surface area (Å²) in [7, 11) is -16.4. The molecule has 0 bridgehead atoms. The van der Waals surface area contributed by atoms with Crippen LogP contribution < -0.4 is 19.9 Å². The van der Waals surface area contributed by atoms with Gasteiger partial charge in [0.15, 0.2) is 40.5 Å². The van der Waals surface area contributed by atoms with Crippen LogP contribution >= 0.6 is 0 Å². The summed E-state index contributed by atoms with van der Waals surface area (Å²) in [5, 5.41) is 56.0. The molecule has 0 saturated carbocycles. The molecule has 0 aliphatic heterocycles. The van der Waals surface area contributed by atoms with Gasteiger partial charge in [-0.15, -0.1) is 0 Å². The van der Waals surface area contributed by atoms with Gasteiger partial charge in [-0.2, -0.15) is 52.7 Å². The van der Waals surface area contributed by atoms with Crippen molar-refractivity contribution in [3.05, 3.63) is 239 Å². The Bertz CT molecular complexity index is 4490. The number of aliphatic hydroxyl groups is 8. The Morgan fingerprint density at radius 2 is 0.352 bits per heavy atom. The molecule has 0 saturated heterocycles. The fourth-order valence-corrected chi connectivity index (χ4v) is 7.83. The van der Waals surface area contributed by atoms with Crippen molar-refractivity contribution >= 4 is 84.6 Å². The van der Waals surface area contributed by atoms with E-state index in [1.165, 1.54) is 44.5 Å². The topological polar surface area (TPSA) is 499 Å². The molecule has 4 aromatic heterocycles. The molecule has 8 N–H and O–H groups in total. The van der Waals surface area contributed by atoms with Gasteiger partial charge in [0.05, 0.1) is 0 Å². The third-order valence-electron chi connectivity index (χ3n) is 13.8. The number of para-hydroxylation sites is 8. The number of benzene rings is 8. The average molecular weight is 2260 g/mol. The SMILES string of the molecule is CO.CO.CO.CO.CO.CO.CO.CO.Cc1ccc(C(C)C)cc1.Cc1ccc(C(C)C)cc1.Cc1ccc(C(C)C)cc1.Cc1ccc(C(C)C)cc1.O=S(=O)([O-])C(F)(F)F.O=S(=O)([O-])C(F)(F)F.O=S(=O)([O-])C(F)(F)F.O=S(=O)([O-])C(F)(F)F.[Ru+2].[Ru+2].[Ru+2].[Ru+2].c1ccc2[n-]c(-c3nc4ccccc4[n-]3)nc2c1.c1ccc2[n-]c(-c3nc4ccccc4[n-]3)nc2c1. The number of alkyl halides is 12. The molecule has 724 valence electrons. The van der Waals surface area contributed by atoms with E-state index >= 15 is 0 Å². The van der Waals surface area contributed by atoms with Gasteiger partial charge >= 0.3 is 99.9 Å². The minimum Gasteiger partial charge on any atom is -0.741 e. The Kier molecular flexibility index (Phi) is 79.6. The first-order valence-corrected chi connectivity index (χ1v) is 40.7. The van der Waals surface area contributed by atoms with Crippen LogP contribution in [0.1, 0.15) is 124 Å². The number of hydrogen-bond acceptors (Lipinski definition) is 24. The predicted molar refractivity (Wildman–Crippen MR) is 447 cm³/mol. The van der Waals surface area contributed by atoms with Gasteiger partial charge in [-0.3, -0.25) is 0 Å². The molecule has 0 amide bonds. The van der Waals surface area contributed by atoms with Gasteiger partial charge in [-0.05, 0) is 118 Å². The maximum Gasteiger partial charge on any atom is 2.00 e. The zero-order valence-electron chi connectivity index (χ0n) is 72.4. The molecule has 0 fully saturated rings. The molecular formula is C80H104F12N8O20Ru4S4. The molecule has 12 rings (SSSR count). The van der Waals surface area contributed by atoms with E-state index in [1.807, 2.05) is 97.1 Å². The van der Waals surface area contributed by atoms with Crippen molar-refractivity contribution in [3.8, 4) is 23.3 Å². The van der Waals surface area contributed by atoms with Crippen molar-refractivity contribution < 1.29 is 223 Å². The van der Waals surface area contributed by atoms with E-state index in [-0.39, 0.29) is 77.9 Å². The van der Waals surface area contributed by atoms with Crippen LogP contribution in [0, 0.1) is 27.7 Å². The first-order chi connectivity index (χ1) is 57.6. The number of aliphatic hydroxyl groups excluding tert-OH is 8. The summed E-state index contributed by atoms with van der Waals surface area (Å²) in [6, 6.07) is 65.9. The van der Waals surface area contributed by atoms with Gasteiger partial charge in [0.2, 0.25) is 0 Å². The van der Waals surface area contributed by atoms with Crippen LogP contribution in [0.5, 0.6) is 0 Å². The monoisotopic (exact) mass is 2260 g/mol. The van der Waals surface area contributed by atoms with Crippen molar-refractivity contribution in [1.82, 2.24) is 39.9 Å². The number of hydrogen-bond donors (Lipinski definition) is 8. The largest absolute Gasteiger partial charge is 2.00 e. The number of rotatable bonds is 6. The number of halogens is 12. The summed E-state index contributed by atoms with van der Waals surface area (Å²) < 4.78 is 236. The molecular weight excluding hydrogens is 2150 g/mol. The normalized spacial score (nSPS) is 10.3. The fraction of sp³-hybridized carbons (Fsp3) is 0.350. The van der Waals surface area contributed by atoms with Gasteiger partial charge in [0, 0.05) is 56.9 Å². The molecule has 4 heterocycles. The van der Waals surface area contributed by atoms with E-state index in [9.17, 15) is 52.7 Å². The zero-order valence-corrected chi connectivity index (χ0v) is 82.6. The maximum atomic E-state index is 10.7. The van der Waals surface area contributed by atoms with E-state index in [0.717, 1.165) is 101 Å². The molecule has 0 aliphatic carbocycles. The molecule has 0 unspecified atom stereocenters. The van der Waals surface area contributed by atoms with Gasteiger partial charge in [-0.1, -0.05) is 295 Å². The van der Waals surface area contributed by atoms with E-state index in [4.69, 9.17) is 92.7 Å². The van der Waals surface area contributed by atoms with Crippen molar-refractivity contribution in [2.24, 2.45) is 0 Å². The molecule has 8 aromatic carbocycles. The van der Waals surface area contributed by atoms with Crippen molar-refractivity contribution in [2.45, 2.75) is 129 Å². The van der Waals surface area contributed by atoms with Gasteiger partial charge < -0.3 is 98.9 Å². The van der Waals surface area contributed by atoms with Crippen LogP contribution in [0.15, 0.2) is 194 Å². The molecule has 0 aliphatic rings. The smallest absolute Gasteiger partial charge is 0.741 e. The third kappa shape index (κ3) is 57.7. The van der Waals surface area contributed by atoms with Crippen LogP contribution in [0.3, 0.4) is 0 Å². The van der Waals surface area contributed by atoms with Gasteiger partial charge in [0.25, 0.3) is 0 Å². The van der Waals surface area contributed by atoms with Crippen molar-refractivity contribution in [2.75, 3.05) is 56.9 Å². The summed E-state index contributed by atoms with van der Waals surface area (Å²) in [6.07, 6.45) is 0. The minimum absolute atomic E-state index is 0. The summed E-state index contributed by atoms with van der Waals surface area (Å²) >= 11 is 0. The van der Waals surface area contributed by atoms with E-state index in [0.29, 0.717) is 47.0 Å². The molecule has 128 heavy (non-hydrogen) atoms. The van der Waals surface area contributed by atoms with Gasteiger partial charge in [0.1, 0.15) is 0 Å². The van der Waals surface area contributed by atoms with Crippen LogP contribution in [0.4, 0.5) is 52.7 Å². The Labute approximate surface area is 789 Å². The predicted octanol–water partition coefficient (Wildman–Crippen LogP) is 14.3. The zero-order chi connectivity index (χ0) is 98.1. The summed E-state index contributed by atoms with van der Waals surface area (Å²) in [6.45, 7) is 26.2. The molecule has 48 heteroatoms. The quantitative estimate of drug-likeness (QED) is 0.0332. The fourth-order valence-electron chi connectivity index (χ4n) is 7.83. The Morgan fingerprint density at radius 3 is 0.445 bits per heavy atom. The number of imidazole rings is 4. The van der Waals surface area contributed by atoms with Crippen LogP contribution in [0.25, 0.3) is 67.4 Å². The van der Waals surface area contributed by atoms with Crippen LogP contribution in [-0.4, -0.2) is 192 Å². The van der Waals surface area contributed by atoms with Crippen LogP contribution in [0.2, 0.25) is 0 Å². The molecule has 0 spiro atoms. The number of aromatic nitrogens is 8. The molecule has 0 atom stereocenters. The third-order valence-corrected chi connectivity index (χ3v) is 16.1. The summed E-state index contributed by atoms with van der Waals surface area (Å²) in [5.41, 5.74) is -4.54. The van der Waals surface area contributed by atoms with E-state index < -0.39 is 62.5 Å². The second-order valence-electron chi connectivity index (χ2n) is 24.0. The Morgan fingerprint density at radius 1 is 0.242 bits per heavy atom. The maximum absolute atomic E-state index is 10.7. The molecule has 0 radical (unpaired) electrons. The van der Waals surface area contributed by atoms with Gasteiger partial charge in [-0.25, -0.2) is 33.7 Å². The Hall–Kier alpha value is -7.39. The number of nitrogens with zero attached hydrogens (tertiary/aromatic N) is 8. The van der Waals surface area contributed by atoms with Crippen molar-refractivity contribution in [3.63, 3.8) is 0 Å². The summed E-state index contributed by atoms with van der Waals surface area (Å²) in [4.78, 5) is 35.5. The first kappa shape index (κ1) is 141. The number of aryl methyl sites for hydroxylation is 4. The van der Waals surface area contributed by atoms with Crippen molar-refractivity contribution in [1.29, 1.82) is 0 Å². The molecule has 12 aromatic rings. The Balaban J connectivity index is -0.000000150. The van der Waals surface area contributed by atoms with Crippen LogP contribution in [-0.2, 0) is 118 Å². The van der Waals surface area contributed by atoms with E-state index in [1.54, 1.807) is 0 Å². The number of fused-ring (bicyclic) bond motifs is 4. The second kappa shape index (κ2) is 72.3. The average Bonchev–Trinajstić information content (AvgIpc) is 1.65. The minimum atomic E-state index is -6.09.